The van der Waals surface area contributed by atoms with Crippen molar-refractivity contribution in [1.82, 2.24) is 4.98 Å². The Bertz CT molecular complexity index is 1140. The Kier molecular flexibility index (Phi) is 6.97. The van der Waals surface area contributed by atoms with Crippen molar-refractivity contribution < 1.29 is 36.6 Å². The molecule has 0 aliphatic heterocycles. The molecule has 0 spiro atoms. The van der Waals surface area contributed by atoms with Gasteiger partial charge in [-0.15, -0.1) is 11.3 Å². The van der Waals surface area contributed by atoms with E-state index in [2.05, 4.69) is 10.3 Å². The molecule has 0 fully saturated rings. The highest BCUT2D eigenvalue weighted by Crippen LogP contribution is 2.40. The van der Waals surface area contributed by atoms with Crippen LogP contribution in [0.2, 0.25) is 0 Å². The van der Waals surface area contributed by atoms with Crippen LogP contribution in [0.1, 0.15) is 39.6 Å². The van der Waals surface area contributed by atoms with Crippen molar-refractivity contribution in [3.8, 4) is 5.75 Å². The quantitative estimate of drug-likeness (QED) is 0.371. The summed E-state index contributed by atoms with van der Waals surface area (Å²) in [5.41, 5.74) is 0.867. The van der Waals surface area contributed by atoms with Gasteiger partial charge in [0.1, 0.15) is 10.6 Å². The number of hydrogen-bond donors (Lipinski definition) is 1. The summed E-state index contributed by atoms with van der Waals surface area (Å²) < 4.78 is 61.3. The first-order valence-electron chi connectivity index (χ1n) is 9.53. The summed E-state index contributed by atoms with van der Waals surface area (Å²) in [6.45, 7) is 1.76. The van der Waals surface area contributed by atoms with E-state index in [0.717, 1.165) is 23.5 Å². The summed E-state index contributed by atoms with van der Waals surface area (Å²) >= 11 is 0.845. The minimum Gasteiger partial charge on any atom is -0.482 e. The molecule has 0 saturated carbocycles. The molecular weight excluding hydrogens is 452 g/mol. The molecule has 6 nitrogen and oxygen atoms in total. The molecule has 1 aromatic carbocycles. The van der Waals surface area contributed by atoms with Gasteiger partial charge in [-0.1, -0.05) is 6.92 Å². The largest absolute Gasteiger partial charge is 0.482 e. The van der Waals surface area contributed by atoms with E-state index in [-0.39, 0.29) is 38.7 Å². The number of alkyl halides is 3. The summed E-state index contributed by atoms with van der Waals surface area (Å²) in [5.74, 6) is -2.20. The summed E-state index contributed by atoms with van der Waals surface area (Å²) in [6.07, 6.45) is -4.24. The molecule has 1 amide bonds. The Balaban J connectivity index is 2.06. The van der Waals surface area contributed by atoms with Gasteiger partial charge in [-0.3, -0.25) is 4.79 Å². The van der Waals surface area contributed by atoms with Crippen molar-refractivity contribution in [2.75, 3.05) is 18.5 Å². The van der Waals surface area contributed by atoms with Crippen LogP contribution in [-0.2, 0) is 11.2 Å². The topological polar surface area (TPSA) is 77.5 Å². The number of halogens is 4. The Hall–Kier alpha value is -3.21. The first-order chi connectivity index (χ1) is 15.1. The number of pyridine rings is 1. The molecule has 0 aliphatic carbocycles. The third kappa shape index (κ3) is 5.34. The van der Waals surface area contributed by atoms with Crippen LogP contribution in [0.3, 0.4) is 0 Å². The number of fused-ring (bicyclic) bond motifs is 1. The molecule has 0 saturated heterocycles. The van der Waals surface area contributed by atoms with Gasteiger partial charge in [0, 0.05) is 5.56 Å². The number of rotatable bonds is 7. The summed E-state index contributed by atoms with van der Waals surface area (Å²) in [6, 6.07) is 6.26. The van der Waals surface area contributed by atoms with E-state index < -0.39 is 30.5 Å². The highest BCUT2D eigenvalue weighted by molar-refractivity contribution is 7.20. The van der Waals surface area contributed by atoms with Gasteiger partial charge >= 0.3 is 12.1 Å². The van der Waals surface area contributed by atoms with Gasteiger partial charge in [-0.25, -0.2) is 14.2 Å². The van der Waals surface area contributed by atoms with Gasteiger partial charge in [-0.2, -0.15) is 13.2 Å². The Morgan fingerprint density at radius 1 is 1.16 bits per heavy atom. The van der Waals surface area contributed by atoms with E-state index in [1.54, 1.807) is 13.8 Å². The predicted molar refractivity (Wildman–Crippen MR) is 111 cm³/mol. The number of amides is 1. The van der Waals surface area contributed by atoms with Gasteiger partial charge in [0.15, 0.2) is 17.2 Å². The number of thiophene rings is 1. The molecule has 0 radical (unpaired) electrons. The number of aryl methyl sites for hydroxylation is 1. The normalized spacial score (nSPS) is 11.4. The van der Waals surface area contributed by atoms with Crippen molar-refractivity contribution in [3.63, 3.8) is 0 Å². The highest BCUT2D eigenvalue weighted by Gasteiger charge is 2.31. The molecule has 3 aromatic rings. The molecule has 3 rings (SSSR count). The minimum atomic E-state index is -4.63. The van der Waals surface area contributed by atoms with E-state index in [4.69, 9.17) is 9.47 Å². The van der Waals surface area contributed by atoms with E-state index >= 15 is 0 Å². The molecule has 2 heterocycles. The monoisotopic (exact) mass is 470 g/mol. The average Bonchev–Trinajstić information content (AvgIpc) is 3.09. The first-order valence-corrected chi connectivity index (χ1v) is 10.3. The molecule has 0 unspecified atom stereocenters. The molecule has 32 heavy (non-hydrogen) atoms. The summed E-state index contributed by atoms with van der Waals surface area (Å²) in [4.78, 5) is 29.4. The fourth-order valence-corrected chi connectivity index (χ4v) is 3.85. The number of nitrogens with zero attached hydrogens (tertiary/aromatic N) is 1. The van der Waals surface area contributed by atoms with Crippen LogP contribution in [-0.4, -0.2) is 36.3 Å². The number of anilines is 1. The van der Waals surface area contributed by atoms with E-state index in [9.17, 15) is 27.2 Å². The fraction of sp³-hybridized carbons (Fsp3) is 0.286. The number of esters is 1. The van der Waals surface area contributed by atoms with Crippen molar-refractivity contribution in [1.29, 1.82) is 0 Å². The maximum atomic E-state index is 13.1. The highest BCUT2D eigenvalue weighted by atomic mass is 32.1. The second kappa shape index (κ2) is 9.51. The van der Waals surface area contributed by atoms with Crippen LogP contribution in [0.25, 0.3) is 10.2 Å². The molecule has 170 valence electrons. The Labute approximate surface area is 184 Å². The van der Waals surface area contributed by atoms with Crippen molar-refractivity contribution in [3.05, 3.63) is 52.3 Å². The molecular formula is C21H18F4N2O4S. The molecule has 0 atom stereocenters. The maximum Gasteiger partial charge on any atom is 0.422 e. The fourth-order valence-electron chi connectivity index (χ4n) is 2.84. The van der Waals surface area contributed by atoms with E-state index in [1.165, 1.54) is 18.2 Å². The SMILES string of the molecule is CCOC(=O)c1sc2nc(CC)c(NC(=O)c3ccc(F)cc3)cc2c1OCC(F)(F)F. The molecule has 0 bridgehead atoms. The number of hydrogen-bond acceptors (Lipinski definition) is 6. The first kappa shape index (κ1) is 23.5. The van der Waals surface area contributed by atoms with E-state index in [1.807, 2.05) is 0 Å². The van der Waals surface area contributed by atoms with Gasteiger partial charge in [0.2, 0.25) is 0 Å². The number of nitrogens with one attached hydrogen (secondary N) is 1. The number of carbonyl (C=O) groups is 2. The number of carbonyl (C=O) groups excluding carboxylic acids is 2. The number of aromatic nitrogens is 1. The summed E-state index contributed by atoms with van der Waals surface area (Å²) in [7, 11) is 0. The zero-order valence-corrected chi connectivity index (χ0v) is 17.8. The predicted octanol–water partition coefficient (Wildman–Crippen LogP) is 5.37. The minimum absolute atomic E-state index is 0.0262. The zero-order valence-electron chi connectivity index (χ0n) is 17.0. The van der Waals surface area contributed by atoms with Crippen LogP contribution in [0.15, 0.2) is 30.3 Å². The zero-order chi connectivity index (χ0) is 23.5. The standard InChI is InChI=1S/C21H18F4N2O4S/c1-3-14-15(26-18(28)11-5-7-12(22)8-6-11)9-13-16(31-10-21(23,24)25)17(20(29)30-4-2)32-19(13)27-14/h5-9H,3-4,10H2,1-2H3,(H,26,28). The van der Waals surface area contributed by atoms with E-state index in [0.29, 0.717) is 12.1 Å². The van der Waals surface area contributed by atoms with Gasteiger partial charge in [0.05, 0.1) is 23.4 Å². The van der Waals surface area contributed by atoms with Gasteiger partial charge < -0.3 is 14.8 Å². The molecule has 0 aliphatic rings. The number of ether oxygens (including phenoxy) is 2. The van der Waals surface area contributed by atoms with Crippen molar-refractivity contribution >= 4 is 39.1 Å². The third-order valence-electron chi connectivity index (χ3n) is 4.25. The third-order valence-corrected chi connectivity index (χ3v) is 5.31. The lowest BCUT2D eigenvalue weighted by Crippen LogP contribution is -2.20. The lowest BCUT2D eigenvalue weighted by molar-refractivity contribution is -0.153. The summed E-state index contributed by atoms with van der Waals surface area (Å²) in [5, 5.41) is 2.77. The Morgan fingerprint density at radius 3 is 2.44 bits per heavy atom. The lowest BCUT2D eigenvalue weighted by atomic mass is 10.1. The van der Waals surface area contributed by atoms with Crippen molar-refractivity contribution in [2.24, 2.45) is 0 Å². The van der Waals surface area contributed by atoms with Crippen LogP contribution < -0.4 is 10.1 Å². The Morgan fingerprint density at radius 2 is 1.84 bits per heavy atom. The smallest absolute Gasteiger partial charge is 0.422 e. The van der Waals surface area contributed by atoms with Crippen LogP contribution in [0.4, 0.5) is 23.2 Å². The van der Waals surface area contributed by atoms with Crippen LogP contribution >= 0.6 is 11.3 Å². The van der Waals surface area contributed by atoms with Crippen molar-refractivity contribution in [2.45, 2.75) is 26.4 Å². The average molecular weight is 470 g/mol. The second-order valence-corrected chi connectivity index (χ2v) is 7.53. The van der Waals surface area contributed by atoms with Gasteiger partial charge in [-0.05, 0) is 43.7 Å². The molecule has 11 heteroatoms. The molecule has 2 aromatic heterocycles. The lowest BCUT2D eigenvalue weighted by Gasteiger charge is -2.12. The molecule has 1 N–H and O–H groups in total. The van der Waals surface area contributed by atoms with Crippen LogP contribution in [0, 0.1) is 5.82 Å². The number of benzene rings is 1. The second-order valence-electron chi connectivity index (χ2n) is 6.53. The van der Waals surface area contributed by atoms with Crippen LogP contribution in [0.5, 0.6) is 5.75 Å². The maximum absolute atomic E-state index is 13.1. The van der Waals surface area contributed by atoms with Gasteiger partial charge in [0.25, 0.3) is 5.91 Å².